The fourth-order valence-electron chi connectivity index (χ4n) is 2.97. The maximum atomic E-state index is 13.1. The van der Waals surface area contributed by atoms with Crippen molar-refractivity contribution in [3.63, 3.8) is 0 Å². The minimum absolute atomic E-state index is 0.245. The third kappa shape index (κ3) is 2.94. The fraction of sp³-hybridized carbons (Fsp3) is 0.200. The number of benzene rings is 1. The molecule has 5 nitrogen and oxygen atoms in total. The van der Waals surface area contributed by atoms with E-state index in [0.717, 1.165) is 16.8 Å². The van der Waals surface area contributed by atoms with E-state index in [1.807, 2.05) is 38.1 Å². The SMILES string of the molecule is Cc1cc(C)cc(N(C)C(=O)c2c(C)oc(-n3cccc3)c2C#N)c1. The van der Waals surface area contributed by atoms with E-state index in [-0.39, 0.29) is 11.5 Å². The van der Waals surface area contributed by atoms with Gasteiger partial charge in [0.1, 0.15) is 23.0 Å². The molecule has 0 bridgehead atoms. The van der Waals surface area contributed by atoms with Crippen LogP contribution < -0.4 is 4.90 Å². The second-order valence-electron chi connectivity index (χ2n) is 6.13. The van der Waals surface area contributed by atoms with Gasteiger partial charge in [-0.25, -0.2) is 0 Å². The molecule has 0 radical (unpaired) electrons. The number of nitriles is 1. The van der Waals surface area contributed by atoms with Crippen LogP contribution in [0.3, 0.4) is 0 Å². The van der Waals surface area contributed by atoms with Crippen molar-refractivity contribution in [2.75, 3.05) is 11.9 Å². The molecule has 3 aromatic rings. The Morgan fingerprint density at radius 1 is 1.12 bits per heavy atom. The number of carbonyl (C=O) groups excluding carboxylic acids is 1. The molecule has 0 aliphatic heterocycles. The topological polar surface area (TPSA) is 62.2 Å². The molecule has 0 atom stereocenters. The summed E-state index contributed by atoms with van der Waals surface area (Å²) in [6, 6.07) is 11.7. The number of amides is 1. The maximum Gasteiger partial charge on any atom is 0.262 e. The van der Waals surface area contributed by atoms with Crippen LogP contribution in [0.1, 0.15) is 32.8 Å². The van der Waals surface area contributed by atoms with Crippen LogP contribution in [0.25, 0.3) is 5.88 Å². The number of hydrogen-bond donors (Lipinski definition) is 0. The summed E-state index contributed by atoms with van der Waals surface area (Å²) in [6.45, 7) is 5.68. The first kappa shape index (κ1) is 16.6. The van der Waals surface area contributed by atoms with E-state index in [9.17, 15) is 10.1 Å². The van der Waals surface area contributed by atoms with Gasteiger partial charge in [-0.05, 0) is 56.2 Å². The third-order valence-electron chi connectivity index (χ3n) is 4.13. The molecular weight excluding hydrogens is 314 g/mol. The number of aromatic nitrogens is 1. The Balaban J connectivity index is 2.07. The fourth-order valence-corrected chi connectivity index (χ4v) is 2.97. The van der Waals surface area contributed by atoms with Gasteiger partial charge in [-0.15, -0.1) is 0 Å². The number of carbonyl (C=O) groups is 1. The summed E-state index contributed by atoms with van der Waals surface area (Å²) in [7, 11) is 1.71. The standard InChI is InChI=1S/C20H19N3O2/c1-13-9-14(2)11-16(10-13)22(4)19(24)18-15(3)25-20(17(18)12-21)23-7-5-6-8-23/h5-11H,1-4H3. The van der Waals surface area contributed by atoms with Gasteiger partial charge in [-0.1, -0.05) is 6.07 Å². The molecule has 0 saturated heterocycles. The largest absolute Gasteiger partial charge is 0.443 e. The van der Waals surface area contributed by atoms with E-state index in [1.165, 1.54) is 0 Å². The van der Waals surface area contributed by atoms with Crippen molar-refractivity contribution in [1.29, 1.82) is 5.26 Å². The highest BCUT2D eigenvalue weighted by atomic mass is 16.4. The monoisotopic (exact) mass is 333 g/mol. The van der Waals surface area contributed by atoms with Crippen molar-refractivity contribution in [2.24, 2.45) is 0 Å². The second kappa shape index (κ2) is 6.33. The van der Waals surface area contributed by atoms with E-state index in [1.54, 1.807) is 35.8 Å². The van der Waals surface area contributed by atoms with Gasteiger partial charge in [0.05, 0.1) is 0 Å². The van der Waals surface area contributed by atoms with E-state index in [4.69, 9.17) is 4.42 Å². The van der Waals surface area contributed by atoms with Crippen LogP contribution >= 0.6 is 0 Å². The summed E-state index contributed by atoms with van der Waals surface area (Å²) in [5.41, 5.74) is 3.48. The van der Waals surface area contributed by atoms with Gasteiger partial charge in [0.2, 0.25) is 5.88 Å². The Bertz CT molecular complexity index is 955. The molecule has 0 N–H and O–H groups in total. The highest BCUT2D eigenvalue weighted by molar-refractivity contribution is 6.08. The number of anilines is 1. The Morgan fingerprint density at radius 3 is 2.28 bits per heavy atom. The Morgan fingerprint density at radius 2 is 1.72 bits per heavy atom. The van der Waals surface area contributed by atoms with E-state index in [2.05, 4.69) is 12.1 Å². The zero-order chi connectivity index (χ0) is 18.1. The van der Waals surface area contributed by atoms with Crippen molar-refractivity contribution >= 4 is 11.6 Å². The molecular formula is C20H19N3O2. The summed E-state index contributed by atoms with van der Waals surface area (Å²) in [5, 5.41) is 9.61. The number of hydrogen-bond acceptors (Lipinski definition) is 3. The predicted molar refractivity (Wildman–Crippen MR) is 96.1 cm³/mol. The molecule has 3 rings (SSSR count). The number of nitrogens with zero attached hydrogens (tertiary/aromatic N) is 3. The summed E-state index contributed by atoms with van der Waals surface area (Å²) < 4.78 is 7.42. The van der Waals surface area contributed by atoms with Gasteiger partial charge >= 0.3 is 0 Å². The summed E-state index contributed by atoms with van der Waals surface area (Å²) in [5.74, 6) is 0.532. The lowest BCUT2D eigenvalue weighted by Crippen LogP contribution is -2.27. The van der Waals surface area contributed by atoms with Crippen LogP contribution in [0.15, 0.2) is 47.1 Å². The van der Waals surface area contributed by atoms with E-state index >= 15 is 0 Å². The highest BCUT2D eigenvalue weighted by Crippen LogP contribution is 2.28. The van der Waals surface area contributed by atoms with Gasteiger partial charge in [0.25, 0.3) is 5.91 Å². The quantitative estimate of drug-likeness (QED) is 0.723. The molecule has 5 heteroatoms. The van der Waals surface area contributed by atoms with Crippen LogP contribution in [0.5, 0.6) is 0 Å². The minimum Gasteiger partial charge on any atom is -0.443 e. The van der Waals surface area contributed by atoms with Crippen molar-refractivity contribution in [2.45, 2.75) is 20.8 Å². The molecule has 1 amide bonds. The van der Waals surface area contributed by atoms with Gasteiger partial charge in [-0.2, -0.15) is 5.26 Å². The Kier molecular flexibility index (Phi) is 4.20. The zero-order valence-electron chi connectivity index (χ0n) is 14.7. The molecule has 2 heterocycles. The number of rotatable bonds is 3. The lowest BCUT2D eigenvalue weighted by Gasteiger charge is -2.18. The molecule has 0 aliphatic rings. The number of furan rings is 1. The first-order valence-electron chi connectivity index (χ1n) is 7.95. The van der Waals surface area contributed by atoms with Gasteiger partial charge in [0.15, 0.2) is 0 Å². The van der Waals surface area contributed by atoms with Crippen LogP contribution in [-0.2, 0) is 0 Å². The van der Waals surface area contributed by atoms with E-state index in [0.29, 0.717) is 17.2 Å². The van der Waals surface area contributed by atoms with Crippen LogP contribution in [0.4, 0.5) is 5.69 Å². The maximum absolute atomic E-state index is 13.1. The summed E-state index contributed by atoms with van der Waals surface area (Å²) >= 11 is 0. The smallest absolute Gasteiger partial charge is 0.262 e. The number of aryl methyl sites for hydroxylation is 3. The highest BCUT2D eigenvalue weighted by Gasteiger charge is 2.27. The average Bonchev–Trinajstić information content (AvgIpc) is 3.19. The van der Waals surface area contributed by atoms with Crippen LogP contribution in [0, 0.1) is 32.1 Å². The first-order valence-corrected chi connectivity index (χ1v) is 7.95. The summed E-state index contributed by atoms with van der Waals surface area (Å²) in [6.07, 6.45) is 3.56. The molecule has 0 saturated carbocycles. The Hall–Kier alpha value is -3.26. The van der Waals surface area contributed by atoms with Gasteiger partial charge < -0.3 is 9.32 Å². The molecule has 0 aliphatic carbocycles. The third-order valence-corrected chi connectivity index (χ3v) is 4.13. The first-order chi connectivity index (χ1) is 11.9. The zero-order valence-corrected chi connectivity index (χ0v) is 14.7. The molecule has 0 unspecified atom stereocenters. The van der Waals surface area contributed by atoms with Gasteiger partial charge in [-0.3, -0.25) is 9.36 Å². The van der Waals surface area contributed by atoms with E-state index < -0.39 is 0 Å². The van der Waals surface area contributed by atoms with Crippen LogP contribution in [0.2, 0.25) is 0 Å². The molecule has 0 fully saturated rings. The minimum atomic E-state index is -0.263. The second-order valence-corrected chi connectivity index (χ2v) is 6.13. The van der Waals surface area contributed by atoms with Crippen molar-refractivity contribution < 1.29 is 9.21 Å². The predicted octanol–water partition coefficient (Wildman–Crippen LogP) is 4.14. The lowest BCUT2D eigenvalue weighted by atomic mass is 10.1. The van der Waals surface area contributed by atoms with Crippen molar-refractivity contribution in [3.05, 3.63) is 70.7 Å². The molecule has 0 spiro atoms. The average molecular weight is 333 g/mol. The molecule has 1 aromatic carbocycles. The molecule has 126 valence electrons. The van der Waals surface area contributed by atoms with Crippen molar-refractivity contribution in [1.82, 2.24) is 4.57 Å². The molecule has 25 heavy (non-hydrogen) atoms. The Labute approximate surface area is 146 Å². The summed E-state index contributed by atoms with van der Waals surface area (Å²) in [4.78, 5) is 14.6. The molecule has 2 aromatic heterocycles. The van der Waals surface area contributed by atoms with Crippen molar-refractivity contribution in [3.8, 4) is 12.0 Å². The van der Waals surface area contributed by atoms with Crippen LogP contribution in [-0.4, -0.2) is 17.5 Å². The van der Waals surface area contributed by atoms with Gasteiger partial charge in [0, 0.05) is 25.1 Å². The lowest BCUT2D eigenvalue weighted by molar-refractivity contribution is 0.0991. The normalized spacial score (nSPS) is 10.5.